The predicted molar refractivity (Wildman–Crippen MR) is 574 cm³/mol. The van der Waals surface area contributed by atoms with Crippen molar-refractivity contribution in [2.24, 2.45) is 0 Å². The van der Waals surface area contributed by atoms with Crippen LogP contribution in [0.4, 0.5) is 28.4 Å². The third kappa shape index (κ3) is 27.8. The third-order valence-electron chi connectivity index (χ3n) is 24.3. The molecule has 2 saturated carbocycles. The molecule has 16 rings (SSSR count). The molecule has 9 aromatic carbocycles. The number of halogens is 6. The Labute approximate surface area is 884 Å². The van der Waals surface area contributed by atoms with Crippen LogP contribution in [0.2, 0.25) is 30.4 Å². The van der Waals surface area contributed by atoms with Crippen molar-refractivity contribution < 1.29 is 71.5 Å². The number of para-hydroxylation sites is 7. The Balaban J connectivity index is 0.000000167. The van der Waals surface area contributed by atoms with E-state index < -0.39 is 106 Å². The lowest BCUT2D eigenvalue weighted by Gasteiger charge is -2.16. The molecule has 14 aromatic rings. The van der Waals surface area contributed by atoms with Gasteiger partial charge in [0, 0.05) is 66.4 Å². The molecule has 0 aliphatic heterocycles. The number of fused-ring (bicyclic) bond motifs is 4. The highest BCUT2D eigenvalue weighted by molar-refractivity contribution is 6.34. The van der Waals surface area contributed by atoms with E-state index in [0.717, 1.165) is 74.2 Å². The molecule has 45 heteroatoms. The van der Waals surface area contributed by atoms with Crippen LogP contribution < -0.4 is 115 Å². The molecule has 7 amide bonds. The Bertz CT molecular complexity index is 8010. The van der Waals surface area contributed by atoms with E-state index >= 15 is 0 Å². The van der Waals surface area contributed by atoms with Gasteiger partial charge in [0.25, 0.3) is 22.2 Å². The van der Waals surface area contributed by atoms with Gasteiger partial charge in [-0.2, -0.15) is 0 Å². The Morgan fingerprint density at radius 2 is 0.660 bits per heavy atom. The molecule has 5 heterocycles. The Morgan fingerprint density at radius 1 is 0.320 bits per heavy atom. The first kappa shape index (κ1) is 111. The first-order valence-electron chi connectivity index (χ1n) is 47.2. The molecule has 0 saturated heterocycles. The average Bonchev–Trinajstić information content (AvgIpc) is 0.834. The minimum atomic E-state index is -0.824. The van der Waals surface area contributed by atoms with Crippen LogP contribution in [0, 0.1) is 0 Å². The van der Waals surface area contributed by atoms with E-state index in [2.05, 4.69) is 42.2 Å². The largest absolute Gasteiger partial charge is 0.495 e. The minimum Gasteiger partial charge on any atom is -0.495 e. The molecule has 2 aliphatic carbocycles. The van der Waals surface area contributed by atoms with Gasteiger partial charge >= 0.3 is 22.8 Å². The summed E-state index contributed by atoms with van der Waals surface area (Å²) < 4.78 is 45.3. The number of nitrogens with one attached hydrogen (secondary N) is 7. The van der Waals surface area contributed by atoms with Crippen molar-refractivity contribution in [3.63, 3.8) is 0 Å². The summed E-state index contributed by atoms with van der Waals surface area (Å²) in [6.45, 7) is -0.365. The highest BCUT2D eigenvalue weighted by Gasteiger charge is 2.28. The van der Waals surface area contributed by atoms with Crippen molar-refractivity contribution in [1.82, 2.24) is 52.2 Å². The van der Waals surface area contributed by atoms with Crippen molar-refractivity contribution >= 4 is 189 Å². The number of benzene rings is 9. The van der Waals surface area contributed by atoms with Crippen LogP contribution in [0.15, 0.2) is 232 Å². The lowest BCUT2D eigenvalue weighted by atomic mass is 10.1. The van der Waals surface area contributed by atoms with E-state index in [9.17, 15) is 76.7 Å². The lowest BCUT2D eigenvalue weighted by Crippen LogP contribution is -2.44. The number of hydrogen-bond acceptors (Lipinski definition) is 24. The lowest BCUT2D eigenvalue weighted by molar-refractivity contribution is -0.122. The molecule has 5 aromatic heterocycles. The summed E-state index contributed by atoms with van der Waals surface area (Å²) in [4.78, 5) is 212. The zero-order valence-electron chi connectivity index (χ0n) is 82.2. The second-order valence-corrected chi connectivity index (χ2v) is 36.6. The molecule has 39 nitrogen and oxygen atoms in total. The normalized spacial score (nSPS) is 12.1. The average molecular weight is 2170 g/mol. The first-order valence-corrected chi connectivity index (χ1v) is 49.5. The molecule has 784 valence electrons. The predicted octanol–water partition coefficient (Wildman–Crippen LogP) is 14.2. The molecule has 0 spiro atoms. The fourth-order valence-electron chi connectivity index (χ4n) is 17.1. The smallest absolute Gasteiger partial charge is 0.332 e. The molecular weight excluding hydrogens is 2070 g/mol. The number of anilines is 5. The molecule has 2 fully saturated rings. The number of aromatic nitrogens is 9. The number of amides is 7. The number of methoxy groups -OCH3 is 6. The van der Waals surface area contributed by atoms with Gasteiger partial charge in [0.05, 0.1) is 137 Å². The van der Waals surface area contributed by atoms with Crippen LogP contribution in [-0.4, -0.2) is 150 Å². The fourth-order valence-corrected chi connectivity index (χ4v) is 18.5. The molecule has 0 atom stereocenters. The van der Waals surface area contributed by atoms with Gasteiger partial charge in [0.1, 0.15) is 83.3 Å². The van der Waals surface area contributed by atoms with Gasteiger partial charge in [-0.25, -0.2) is 24.2 Å². The van der Waals surface area contributed by atoms with E-state index in [0.29, 0.717) is 86.3 Å². The summed E-state index contributed by atoms with van der Waals surface area (Å²) >= 11 is 36.5. The van der Waals surface area contributed by atoms with Crippen LogP contribution in [-0.2, 0) is 85.9 Å². The Hall–Kier alpha value is -15.8. The van der Waals surface area contributed by atoms with E-state index in [-0.39, 0.29) is 144 Å². The highest BCUT2D eigenvalue weighted by atomic mass is 35.5. The van der Waals surface area contributed by atoms with Crippen LogP contribution in [0.1, 0.15) is 94.3 Å². The number of pyridine rings is 1. The number of carbonyl (C=O) groups excluding carboxylic acids is 8. The van der Waals surface area contributed by atoms with E-state index in [1.807, 2.05) is 6.92 Å². The van der Waals surface area contributed by atoms with Crippen LogP contribution in [0.25, 0.3) is 43.6 Å². The first-order chi connectivity index (χ1) is 72.1. The maximum atomic E-state index is 13.4. The second-order valence-electron chi connectivity index (χ2n) is 34.2. The van der Waals surface area contributed by atoms with E-state index in [1.165, 1.54) is 111 Å². The van der Waals surface area contributed by atoms with Crippen LogP contribution in [0.3, 0.4) is 0 Å². The number of ether oxygens (including phenoxy) is 7. The standard InChI is InChI=1S/C27H30Cl2N4O6.C27H31ClN4O6.C27H24ClN3O6.C24H19Cl2N5O5/c1-38-22-14-23(39-2)20(13-19(22)29)31-25(35)15-33-21-10-9-16(28)12-18(21)26(36)32(27(33)37)11-5-8-24(34)30-17-6-3-4-7-17;1-37-22-15-23(38-2)20(14-19(22)28)30-25(34)16-32-21-11-6-5-10-18(21)26(35)31(27(32)36)13-7-12-24(33)29-17-8-3-4-9-17;1-3-37-23-13-12-17(14-19(23)28)22(32)15-30-21-10-6-4-8-18(21)26(34)31(27(30)35)16-25(33)29-20-9-5-7-11-24(20)36-2;1-36-18-9-5-3-7-16(18)28-22(33)13-31-23(34)15-6-2-4-8-17(15)30(24(31)35)12-21(32)27-14-10-19(25)29-20(26)11-14/h9-10,12-14,17H,3-8,11,15H2,1-2H3,(H,30,34)(H,31,35);5-6,10-11,14-15,17H,3-4,7-9,12-13,16H2,1-2H3,(H,29,33)(H,30,34);4-14H,3,15-16H2,1-2H3,(H,29,33);2-11H,12-13H2,1H3,(H,28,33)(H,27,29,32). The number of nitrogens with zero attached hydrogens (tertiary/aromatic N) is 9. The molecule has 0 bridgehead atoms. The second kappa shape index (κ2) is 52.2. The van der Waals surface area contributed by atoms with Crippen molar-refractivity contribution in [2.45, 2.75) is 148 Å². The summed E-state index contributed by atoms with van der Waals surface area (Å²) in [6.07, 6.45) is 9.32. The zero-order valence-corrected chi connectivity index (χ0v) is 86.7. The molecular formula is C105H104Cl6N16O23. The van der Waals surface area contributed by atoms with Crippen LogP contribution >= 0.6 is 69.6 Å². The third-order valence-corrected chi connectivity index (χ3v) is 25.8. The van der Waals surface area contributed by atoms with Crippen LogP contribution in [0.5, 0.6) is 40.2 Å². The maximum Gasteiger partial charge on any atom is 0.332 e. The summed E-state index contributed by atoms with van der Waals surface area (Å²) in [5.41, 5.74) is -2.12. The molecule has 7 N–H and O–H groups in total. The topological polar surface area (TPSA) is 474 Å². The Kier molecular flexibility index (Phi) is 38.7. The number of carbonyl (C=O) groups is 8. The summed E-state index contributed by atoms with van der Waals surface area (Å²) in [7, 11) is 8.72. The van der Waals surface area contributed by atoms with Gasteiger partial charge in [0.15, 0.2) is 5.78 Å². The van der Waals surface area contributed by atoms with Gasteiger partial charge < -0.3 is 70.4 Å². The maximum absolute atomic E-state index is 13.4. The van der Waals surface area contributed by atoms with Crippen molar-refractivity contribution in [3.8, 4) is 40.2 Å². The minimum absolute atomic E-state index is 0.0156. The fraction of sp³-hybridized carbons (Fsp3) is 0.286. The summed E-state index contributed by atoms with van der Waals surface area (Å²) in [6, 6.07) is 51.3. The van der Waals surface area contributed by atoms with Gasteiger partial charge in [-0.3, -0.25) is 94.1 Å². The quantitative estimate of drug-likeness (QED) is 0.0142. The Morgan fingerprint density at radius 3 is 1.06 bits per heavy atom. The SMILES string of the molecule is CCOc1ccc(C(=O)Cn2c(=O)n(CC(=O)Nc3ccccc3OC)c(=O)c3ccccc32)cc1Cl.COc1cc(OC)c(NC(=O)Cn2c(=O)n(CCCC(=O)NC3CCCC3)c(=O)c3cc(Cl)ccc32)cc1Cl.COc1cc(OC)c(NC(=O)Cn2c(=O)n(CCCC(=O)NC3CCCC3)c(=O)c3ccccc32)cc1Cl.COc1ccccc1NC(=O)Cn1c(=O)c2ccccc2n(CC(=O)Nc2cc(Cl)nc(Cl)c2)c1=O. The zero-order chi connectivity index (χ0) is 108. The van der Waals surface area contributed by atoms with Gasteiger partial charge in [0.2, 0.25) is 41.4 Å². The number of ketones is 1. The van der Waals surface area contributed by atoms with Crippen molar-refractivity contribution in [3.05, 3.63) is 313 Å². The summed E-state index contributed by atoms with van der Waals surface area (Å²) in [5, 5.41) is 21.5. The molecule has 0 unspecified atom stereocenters. The van der Waals surface area contributed by atoms with Crippen molar-refractivity contribution in [2.75, 3.05) is 75.8 Å². The molecule has 0 radical (unpaired) electrons. The molecule has 2 aliphatic rings. The van der Waals surface area contributed by atoms with Gasteiger partial charge in [-0.1, -0.05) is 156 Å². The highest BCUT2D eigenvalue weighted by Crippen LogP contribution is 2.39. The number of hydrogen-bond donors (Lipinski definition) is 7. The van der Waals surface area contributed by atoms with Crippen molar-refractivity contribution in [1.29, 1.82) is 0 Å². The van der Waals surface area contributed by atoms with E-state index in [4.69, 9.17) is 103 Å². The van der Waals surface area contributed by atoms with Gasteiger partial charge in [-0.05, 0) is 167 Å². The van der Waals surface area contributed by atoms with E-state index in [1.54, 1.807) is 140 Å². The number of Topliss-reactive ketones (excluding diaryl/α,β-unsaturated/α-hetero) is 1. The molecule has 150 heavy (non-hydrogen) atoms. The summed E-state index contributed by atoms with van der Waals surface area (Å²) in [5.74, 6) is -0.769. The van der Waals surface area contributed by atoms with Gasteiger partial charge in [-0.15, -0.1) is 0 Å². The monoisotopic (exact) mass is 2170 g/mol. The number of rotatable bonds is 36.